The van der Waals surface area contributed by atoms with Crippen molar-refractivity contribution in [1.29, 1.82) is 0 Å². The molecule has 1 heterocycles. The standard InChI is InChI=1S/C15H21NO4S/c1-11(2)12-3-5-14(6-4-12)21(19,20)16-9-7-13(8-10-16)15(17)18/h3-6,11,13H,7-10H2,1-2H3,(H,17,18)/p-1. The Labute approximate surface area is 125 Å². The van der Waals surface area contributed by atoms with E-state index >= 15 is 0 Å². The largest absolute Gasteiger partial charge is 0.550 e. The van der Waals surface area contributed by atoms with Gasteiger partial charge in [0, 0.05) is 25.0 Å². The van der Waals surface area contributed by atoms with Crippen LogP contribution in [0.1, 0.15) is 38.2 Å². The van der Waals surface area contributed by atoms with Gasteiger partial charge in [0.15, 0.2) is 0 Å². The van der Waals surface area contributed by atoms with Crippen molar-refractivity contribution in [3.63, 3.8) is 0 Å². The van der Waals surface area contributed by atoms with Crippen LogP contribution in [0.4, 0.5) is 0 Å². The number of benzene rings is 1. The number of carbonyl (C=O) groups excluding carboxylic acids is 1. The zero-order valence-corrected chi connectivity index (χ0v) is 13.1. The molecule has 1 saturated heterocycles. The van der Waals surface area contributed by atoms with Crippen LogP contribution in [0.25, 0.3) is 0 Å². The summed E-state index contributed by atoms with van der Waals surface area (Å²) in [4.78, 5) is 11.1. The molecule has 0 spiro atoms. The average Bonchev–Trinajstić information content (AvgIpc) is 2.47. The summed E-state index contributed by atoms with van der Waals surface area (Å²) in [5.41, 5.74) is 1.09. The van der Waals surface area contributed by atoms with Crippen molar-refractivity contribution >= 4 is 16.0 Å². The van der Waals surface area contributed by atoms with E-state index in [0.29, 0.717) is 18.8 Å². The molecule has 116 valence electrons. The Kier molecular flexibility index (Phi) is 4.68. The minimum Gasteiger partial charge on any atom is -0.550 e. The van der Waals surface area contributed by atoms with Crippen LogP contribution in [0.2, 0.25) is 0 Å². The molecule has 5 nitrogen and oxygen atoms in total. The van der Waals surface area contributed by atoms with Gasteiger partial charge in [-0.1, -0.05) is 26.0 Å². The molecule has 0 N–H and O–H groups in total. The predicted octanol–water partition coefficient (Wildman–Crippen LogP) is 0.961. The van der Waals surface area contributed by atoms with E-state index in [1.54, 1.807) is 12.1 Å². The number of sulfonamides is 1. The number of carbonyl (C=O) groups is 1. The minimum atomic E-state index is -3.53. The van der Waals surface area contributed by atoms with Crippen LogP contribution in [-0.2, 0) is 14.8 Å². The van der Waals surface area contributed by atoms with Crippen molar-refractivity contribution in [2.45, 2.75) is 37.5 Å². The first-order valence-corrected chi connectivity index (χ1v) is 8.57. The highest BCUT2D eigenvalue weighted by molar-refractivity contribution is 7.89. The lowest BCUT2D eigenvalue weighted by molar-refractivity contribution is -0.312. The molecule has 0 aliphatic carbocycles. The Morgan fingerprint density at radius 1 is 1.19 bits per heavy atom. The highest BCUT2D eigenvalue weighted by Crippen LogP contribution is 2.24. The van der Waals surface area contributed by atoms with Crippen molar-refractivity contribution in [3.8, 4) is 0 Å². The van der Waals surface area contributed by atoms with Crippen molar-refractivity contribution in [2.75, 3.05) is 13.1 Å². The zero-order chi connectivity index (χ0) is 15.6. The lowest BCUT2D eigenvalue weighted by Crippen LogP contribution is -2.43. The molecule has 0 bridgehead atoms. The number of rotatable bonds is 4. The summed E-state index contributed by atoms with van der Waals surface area (Å²) >= 11 is 0. The van der Waals surface area contributed by atoms with E-state index in [0.717, 1.165) is 5.56 Å². The number of carboxylic acid groups (broad SMARTS) is 1. The molecule has 1 aromatic rings. The summed E-state index contributed by atoms with van der Waals surface area (Å²) in [7, 11) is -3.53. The second-order valence-electron chi connectivity index (χ2n) is 5.72. The quantitative estimate of drug-likeness (QED) is 0.830. The van der Waals surface area contributed by atoms with Gasteiger partial charge in [0.1, 0.15) is 0 Å². The Bertz CT molecular complexity index is 599. The summed E-state index contributed by atoms with van der Waals surface area (Å²) < 4.78 is 26.4. The van der Waals surface area contributed by atoms with Gasteiger partial charge >= 0.3 is 0 Å². The molecule has 1 aliphatic heterocycles. The van der Waals surface area contributed by atoms with Gasteiger partial charge in [-0.15, -0.1) is 0 Å². The van der Waals surface area contributed by atoms with E-state index in [2.05, 4.69) is 0 Å². The fourth-order valence-corrected chi connectivity index (χ4v) is 3.98. The van der Waals surface area contributed by atoms with Crippen LogP contribution in [-0.4, -0.2) is 31.8 Å². The zero-order valence-electron chi connectivity index (χ0n) is 12.3. The normalized spacial score (nSPS) is 18.0. The van der Waals surface area contributed by atoms with Crippen LogP contribution in [0.3, 0.4) is 0 Å². The molecule has 2 rings (SSSR count). The molecular weight excluding hydrogens is 290 g/mol. The van der Waals surface area contributed by atoms with Crippen LogP contribution in [0.5, 0.6) is 0 Å². The summed E-state index contributed by atoms with van der Waals surface area (Å²) in [5, 5.41) is 10.8. The van der Waals surface area contributed by atoms with E-state index < -0.39 is 21.9 Å². The monoisotopic (exact) mass is 310 g/mol. The van der Waals surface area contributed by atoms with Gasteiger partial charge in [0.05, 0.1) is 4.90 Å². The molecule has 21 heavy (non-hydrogen) atoms. The second kappa shape index (κ2) is 6.15. The molecule has 0 radical (unpaired) electrons. The molecule has 1 aromatic carbocycles. The molecule has 0 amide bonds. The molecule has 1 fully saturated rings. The summed E-state index contributed by atoms with van der Waals surface area (Å²) in [5.74, 6) is -1.28. The van der Waals surface area contributed by atoms with Gasteiger partial charge in [-0.2, -0.15) is 4.31 Å². The highest BCUT2D eigenvalue weighted by atomic mass is 32.2. The number of piperidine rings is 1. The molecule has 6 heteroatoms. The van der Waals surface area contributed by atoms with Crippen LogP contribution in [0.15, 0.2) is 29.2 Å². The summed E-state index contributed by atoms with van der Waals surface area (Å²) in [6.07, 6.45) is 0.622. The van der Waals surface area contributed by atoms with Gasteiger partial charge in [-0.25, -0.2) is 8.42 Å². The third-order valence-corrected chi connectivity index (χ3v) is 5.88. The number of hydrogen-bond donors (Lipinski definition) is 0. The fraction of sp³-hybridized carbons (Fsp3) is 0.533. The van der Waals surface area contributed by atoms with Crippen LogP contribution < -0.4 is 5.11 Å². The molecule has 0 atom stereocenters. The maximum atomic E-state index is 12.5. The molecule has 0 unspecified atom stereocenters. The second-order valence-corrected chi connectivity index (χ2v) is 7.66. The van der Waals surface area contributed by atoms with Gasteiger partial charge < -0.3 is 9.90 Å². The average molecular weight is 310 g/mol. The number of aliphatic carboxylic acids is 1. The third-order valence-electron chi connectivity index (χ3n) is 3.97. The van der Waals surface area contributed by atoms with Crippen molar-refractivity contribution < 1.29 is 18.3 Å². The van der Waals surface area contributed by atoms with Crippen LogP contribution >= 0.6 is 0 Å². The van der Waals surface area contributed by atoms with Crippen LogP contribution in [0, 0.1) is 5.92 Å². The molecular formula is C15H20NO4S-. The van der Waals surface area contributed by atoms with Gasteiger partial charge in [-0.05, 0) is 36.5 Å². The highest BCUT2D eigenvalue weighted by Gasteiger charge is 2.29. The Morgan fingerprint density at radius 2 is 1.71 bits per heavy atom. The van der Waals surface area contributed by atoms with Gasteiger partial charge in [-0.3, -0.25) is 0 Å². The van der Waals surface area contributed by atoms with Crippen molar-refractivity contribution in [3.05, 3.63) is 29.8 Å². The van der Waals surface area contributed by atoms with E-state index in [9.17, 15) is 18.3 Å². The number of carboxylic acids is 1. The van der Waals surface area contributed by atoms with Crippen molar-refractivity contribution in [2.24, 2.45) is 5.92 Å². The number of nitrogens with zero attached hydrogens (tertiary/aromatic N) is 1. The molecule has 0 saturated carbocycles. The lowest BCUT2D eigenvalue weighted by atomic mass is 9.99. The summed E-state index contributed by atoms with van der Waals surface area (Å²) in [6, 6.07) is 6.89. The summed E-state index contributed by atoms with van der Waals surface area (Å²) in [6.45, 7) is 4.56. The third kappa shape index (κ3) is 3.44. The van der Waals surface area contributed by atoms with E-state index in [1.807, 2.05) is 26.0 Å². The van der Waals surface area contributed by atoms with Gasteiger partial charge in [0.25, 0.3) is 0 Å². The smallest absolute Gasteiger partial charge is 0.243 e. The maximum absolute atomic E-state index is 12.5. The number of hydrogen-bond acceptors (Lipinski definition) is 4. The Balaban J connectivity index is 2.13. The SMILES string of the molecule is CC(C)c1ccc(S(=O)(=O)N2CCC(C(=O)[O-])CC2)cc1. The van der Waals surface area contributed by atoms with Crippen molar-refractivity contribution in [1.82, 2.24) is 4.31 Å². The molecule has 0 aromatic heterocycles. The fourth-order valence-electron chi connectivity index (χ4n) is 2.51. The molecule has 1 aliphatic rings. The maximum Gasteiger partial charge on any atom is 0.243 e. The topological polar surface area (TPSA) is 77.5 Å². The Morgan fingerprint density at radius 3 is 2.14 bits per heavy atom. The lowest BCUT2D eigenvalue weighted by Gasteiger charge is -2.31. The Hall–Kier alpha value is -1.40. The van der Waals surface area contributed by atoms with E-state index in [4.69, 9.17) is 0 Å². The minimum absolute atomic E-state index is 0.229. The van der Waals surface area contributed by atoms with Gasteiger partial charge in [0.2, 0.25) is 10.0 Å². The predicted molar refractivity (Wildman–Crippen MR) is 77.0 cm³/mol. The first kappa shape index (κ1) is 16.0. The first-order valence-electron chi connectivity index (χ1n) is 7.13. The van der Waals surface area contributed by atoms with E-state index in [1.165, 1.54) is 4.31 Å². The first-order chi connectivity index (χ1) is 9.82. The van der Waals surface area contributed by atoms with E-state index in [-0.39, 0.29) is 18.0 Å².